The molecule has 1 rings (SSSR count). The first-order valence-electron chi connectivity index (χ1n) is 5.77. The molecule has 1 unspecified atom stereocenters. The number of hydrogen-bond acceptors (Lipinski definition) is 6. The summed E-state index contributed by atoms with van der Waals surface area (Å²) in [5.41, 5.74) is 0.952. The molecule has 0 aliphatic rings. The molecule has 8 heteroatoms. The average molecular weight is 308 g/mol. The van der Waals surface area contributed by atoms with E-state index in [0.717, 1.165) is 5.56 Å². The lowest BCUT2D eigenvalue weighted by Gasteiger charge is -2.14. The Bertz CT molecular complexity index is 473. The Morgan fingerprint density at radius 3 is 2.74 bits per heavy atom. The Hall–Kier alpha value is -0.510. The molecule has 1 aromatic heterocycles. The number of methoxy groups -OCH3 is 2. The smallest absolute Gasteiger partial charge is 0.250 e. The number of rotatable bonds is 9. The summed E-state index contributed by atoms with van der Waals surface area (Å²) in [7, 11) is 1.41. The van der Waals surface area contributed by atoms with Crippen molar-refractivity contribution in [3.8, 4) is 0 Å². The molecule has 1 heterocycles. The summed E-state index contributed by atoms with van der Waals surface area (Å²) >= 11 is 1.21. The molecule has 0 fully saturated rings. The summed E-state index contributed by atoms with van der Waals surface area (Å²) in [6.45, 7) is 1.18. The minimum absolute atomic E-state index is 0.186. The van der Waals surface area contributed by atoms with Crippen LogP contribution >= 0.6 is 11.3 Å². The van der Waals surface area contributed by atoms with E-state index in [2.05, 4.69) is 10.0 Å². The van der Waals surface area contributed by atoms with Gasteiger partial charge in [0, 0.05) is 27.3 Å². The molecule has 110 valence electrons. The standard InChI is InChI=1S/C11H20N2O4S2/c1-12-5-9-4-11(18-8-9)19(14,15)13-6-10(17-3)7-16-2/h4,8,10,12-13H,5-7H2,1-3H3. The maximum absolute atomic E-state index is 12.1. The summed E-state index contributed by atoms with van der Waals surface area (Å²) in [6.07, 6.45) is -0.295. The van der Waals surface area contributed by atoms with Gasteiger partial charge in [-0.05, 0) is 24.1 Å². The Morgan fingerprint density at radius 1 is 1.42 bits per heavy atom. The lowest BCUT2D eigenvalue weighted by atomic mass is 10.3. The Balaban J connectivity index is 2.64. The molecule has 1 atom stereocenters. The molecule has 0 saturated carbocycles. The van der Waals surface area contributed by atoms with Crippen molar-refractivity contribution in [1.82, 2.24) is 10.0 Å². The number of sulfonamides is 1. The molecule has 0 aliphatic heterocycles. The Morgan fingerprint density at radius 2 is 2.16 bits per heavy atom. The molecular weight excluding hydrogens is 288 g/mol. The first-order valence-corrected chi connectivity index (χ1v) is 8.13. The van der Waals surface area contributed by atoms with Crippen LogP contribution in [0.2, 0.25) is 0 Å². The second kappa shape index (κ2) is 7.93. The van der Waals surface area contributed by atoms with E-state index in [9.17, 15) is 8.42 Å². The fourth-order valence-electron chi connectivity index (χ4n) is 1.46. The predicted molar refractivity (Wildman–Crippen MR) is 74.9 cm³/mol. The highest BCUT2D eigenvalue weighted by molar-refractivity contribution is 7.91. The van der Waals surface area contributed by atoms with Crippen molar-refractivity contribution in [2.45, 2.75) is 16.9 Å². The zero-order chi connectivity index (χ0) is 14.3. The fourth-order valence-corrected chi connectivity index (χ4v) is 3.78. The van der Waals surface area contributed by atoms with Gasteiger partial charge in [-0.25, -0.2) is 13.1 Å². The van der Waals surface area contributed by atoms with Gasteiger partial charge < -0.3 is 14.8 Å². The molecule has 0 spiro atoms. The van der Waals surface area contributed by atoms with E-state index in [4.69, 9.17) is 9.47 Å². The van der Waals surface area contributed by atoms with Crippen molar-refractivity contribution in [3.05, 3.63) is 17.0 Å². The summed E-state index contributed by atoms with van der Waals surface area (Å²) in [6, 6.07) is 1.67. The third-order valence-electron chi connectivity index (χ3n) is 2.46. The van der Waals surface area contributed by atoms with Gasteiger partial charge in [0.2, 0.25) is 10.0 Å². The molecule has 6 nitrogen and oxygen atoms in total. The van der Waals surface area contributed by atoms with Crippen molar-refractivity contribution in [1.29, 1.82) is 0 Å². The van der Waals surface area contributed by atoms with Gasteiger partial charge in [0.1, 0.15) is 4.21 Å². The number of hydrogen-bond donors (Lipinski definition) is 2. The lowest BCUT2D eigenvalue weighted by molar-refractivity contribution is 0.0320. The van der Waals surface area contributed by atoms with Gasteiger partial charge in [0.05, 0.1) is 12.7 Å². The first kappa shape index (κ1) is 16.5. The minimum atomic E-state index is -3.48. The molecule has 0 amide bonds. The molecule has 19 heavy (non-hydrogen) atoms. The first-order chi connectivity index (χ1) is 9.03. The van der Waals surface area contributed by atoms with Gasteiger partial charge in [-0.2, -0.15) is 0 Å². The van der Waals surface area contributed by atoms with Crippen LogP contribution < -0.4 is 10.0 Å². The van der Waals surface area contributed by atoms with Crippen molar-refractivity contribution in [3.63, 3.8) is 0 Å². The highest BCUT2D eigenvalue weighted by atomic mass is 32.2. The van der Waals surface area contributed by atoms with Gasteiger partial charge in [-0.3, -0.25) is 0 Å². The van der Waals surface area contributed by atoms with Crippen molar-refractivity contribution >= 4 is 21.4 Å². The van der Waals surface area contributed by atoms with E-state index < -0.39 is 10.0 Å². The van der Waals surface area contributed by atoms with Crippen LogP contribution in [-0.2, 0) is 26.0 Å². The predicted octanol–water partition coefficient (Wildman–Crippen LogP) is 0.407. The monoisotopic (exact) mass is 308 g/mol. The van der Waals surface area contributed by atoms with Crippen LogP contribution in [0.5, 0.6) is 0 Å². The van der Waals surface area contributed by atoms with E-state index in [1.54, 1.807) is 13.2 Å². The number of ether oxygens (including phenoxy) is 2. The van der Waals surface area contributed by atoms with Gasteiger partial charge in [-0.1, -0.05) is 0 Å². The van der Waals surface area contributed by atoms with Crippen LogP contribution in [0.25, 0.3) is 0 Å². The fraction of sp³-hybridized carbons (Fsp3) is 0.636. The Labute approximate surface area is 118 Å². The second-order valence-corrected chi connectivity index (χ2v) is 6.87. The zero-order valence-corrected chi connectivity index (χ0v) is 12.9. The third kappa shape index (κ3) is 5.17. The van der Waals surface area contributed by atoms with Crippen LogP contribution in [0, 0.1) is 0 Å². The molecule has 0 radical (unpaired) electrons. The molecule has 1 aromatic rings. The topological polar surface area (TPSA) is 76.7 Å². The maximum Gasteiger partial charge on any atom is 0.250 e. The lowest BCUT2D eigenvalue weighted by Crippen LogP contribution is -2.35. The number of thiophene rings is 1. The van der Waals surface area contributed by atoms with E-state index in [-0.39, 0.29) is 12.6 Å². The molecule has 0 aromatic carbocycles. The molecule has 0 saturated heterocycles. The largest absolute Gasteiger partial charge is 0.382 e. The quantitative estimate of drug-likeness (QED) is 0.691. The molecule has 2 N–H and O–H groups in total. The van der Waals surface area contributed by atoms with Crippen LogP contribution in [0.3, 0.4) is 0 Å². The van der Waals surface area contributed by atoms with Gasteiger partial charge in [0.25, 0.3) is 0 Å². The zero-order valence-electron chi connectivity index (χ0n) is 11.3. The summed E-state index contributed by atoms with van der Waals surface area (Å²) in [4.78, 5) is 0. The van der Waals surface area contributed by atoms with Crippen molar-refractivity contribution in [2.75, 3.05) is 34.4 Å². The van der Waals surface area contributed by atoms with E-state index >= 15 is 0 Å². The number of nitrogens with one attached hydrogen (secondary N) is 2. The molecular formula is C11H20N2O4S2. The van der Waals surface area contributed by atoms with Crippen LogP contribution in [0.4, 0.5) is 0 Å². The van der Waals surface area contributed by atoms with Gasteiger partial charge in [-0.15, -0.1) is 11.3 Å². The molecule has 0 bridgehead atoms. The van der Waals surface area contributed by atoms with E-state index in [1.165, 1.54) is 18.4 Å². The van der Waals surface area contributed by atoms with Crippen LogP contribution in [0.15, 0.2) is 15.7 Å². The minimum Gasteiger partial charge on any atom is -0.382 e. The third-order valence-corrected chi connectivity index (χ3v) is 5.37. The maximum atomic E-state index is 12.1. The van der Waals surface area contributed by atoms with Crippen molar-refractivity contribution in [2.24, 2.45) is 0 Å². The van der Waals surface area contributed by atoms with Crippen LogP contribution in [0.1, 0.15) is 5.56 Å². The Kier molecular flexibility index (Phi) is 6.90. The van der Waals surface area contributed by atoms with Crippen molar-refractivity contribution < 1.29 is 17.9 Å². The average Bonchev–Trinajstić information content (AvgIpc) is 2.84. The summed E-state index contributed by atoms with van der Waals surface area (Å²) < 4.78 is 37.0. The highest BCUT2D eigenvalue weighted by Crippen LogP contribution is 2.19. The SMILES string of the molecule is CNCc1csc(S(=O)(=O)NCC(COC)OC)c1. The van der Waals surface area contributed by atoms with E-state index in [1.807, 2.05) is 12.4 Å². The highest BCUT2D eigenvalue weighted by Gasteiger charge is 2.18. The second-order valence-electron chi connectivity index (χ2n) is 3.97. The molecule has 0 aliphatic carbocycles. The normalized spacial score (nSPS) is 13.6. The van der Waals surface area contributed by atoms with Gasteiger partial charge >= 0.3 is 0 Å². The van der Waals surface area contributed by atoms with Crippen LogP contribution in [-0.4, -0.2) is 48.9 Å². The van der Waals surface area contributed by atoms with Gasteiger partial charge in [0.15, 0.2) is 0 Å². The summed E-state index contributed by atoms with van der Waals surface area (Å²) in [5.74, 6) is 0. The van der Waals surface area contributed by atoms with E-state index in [0.29, 0.717) is 17.4 Å². The summed E-state index contributed by atoms with van der Waals surface area (Å²) in [5, 5.41) is 4.81.